The molecule has 0 bridgehead atoms. The Balaban J connectivity index is 2.26. The van der Waals surface area contributed by atoms with Gasteiger partial charge in [-0.15, -0.1) is 0 Å². The van der Waals surface area contributed by atoms with Gasteiger partial charge in [0.15, 0.2) is 0 Å². The minimum absolute atomic E-state index is 0.122. The van der Waals surface area contributed by atoms with E-state index in [1.54, 1.807) is 18.2 Å². The Hall–Kier alpha value is -2.04. The number of amides is 2. The molecule has 1 N–H and O–H groups in total. The minimum Gasteiger partial charge on any atom is -0.322 e. The third kappa shape index (κ3) is 4.08. The van der Waals surface area contributed by atoms with Crippen LogP contribution < -0.4 is 10.2 Å². The smallest absolute Gasteiger partial charge is 0.244 e. The van der Waals surface area contributed by atoms with Gasteiger partial charge >= 0.3 is 0 Å². The van der Waals surface area contributed by atoms with Crippen LogP contribution in [0.1, 0.15) is 18.1 Å². The van der Waals surface area contributed by atoms with Crippen molar-refractivity contribution in [2.75, 3.05) is 16.8 Å². The van der Waals surface area contributed by atoms with Crippen molar-refractivity contribution in [3.05, 3.63) is 57.6 Å². The van der Waals surface area contributed by atoms with Gasteiger partial charge in [-0.25, -0.2) is 0 Å². The predicted molar refractivity (Wildman–Crippen MR) is 99.0 cm³/mol. The van der Waals surface area contributed by atoms with E-state index in [2.05, 4.69) is 5.32 Å². The lowest BCUT2D eigenvalue weighted by atomic mass is 10.1. The number of nitrogens with zero attached hydrogens (tertiary/aromatic N) is 1. The van der Waals surface area contributed by atoms with E-state index in [-0.39, 0.29) is 18.4 Å². The third-order valence-electron chi connectivity index (χ3n) is 3.62. The number of carbonyl (C=O) groups is 2. The number of nitrogens with one attached hydrogen (secondary N) is 1. The number of halogens is 2. The summed E-state index contributed by atoms with van der Waals surface area (Å²) in [6.07, 6.45) is 0. The highest BCUT2D eigenvalue weighted by atomic mass is 35.5. The molecule has 0 aliphatic carbocycles. The molecule has 0 saturated heterocycles. The highest BCUT2D eigenvalue weighted by Gasteiger charge is 2.20. The van der Waals surface area contributed by atoms with Crippen molar-refractivity contribution in [2.24, 2.45) is 0 Å². The van der Waals surface area contributed by atoms with Gasteiger partial charge in [-0.2, -0.15) is 0 Å². The van der Waals surface area contributed by atoms with E-state index in [9.17, 15) is 9.59 Å². The quantitative estimate of drug-likeness (QED) is 0.861. The predicted octanol–water partition coefficient (Wildman–Crippen LogP) is 4.60. The zero-order chi connectivity index (χ0) is 17.9. The fraction of sp³-hybridized carbons (Fsp3) is 0.222. The summed E-state index contributed by atoms with van der Waals surface area (Å²) in [6.45, 7) is 5.12. The van der Waals surface area contributed by atoms with Crippen molar-refractivity contribution in [3.8, 4) is 0 Å². The molecule has 6 heteroatoms. The zero-order valence-corrected chi connectivity index (χ0v) is 15.2. The van der Waals surface area contributed by atoms with Crippen LogP contribution in [0.4, 0.5) is 11.4 Å². The Labute approximate surface area is 151 Å². The molecule has 126 valence electrons. The van der Waals surface area contributed by atoms with E-state index in [4.69, 9.17) is 23.2 Å². The first-order valence-corrected chi connectivity index (χ1v) is 8.15. The summed E-state index contributed by atoms with van der Waals surface area (Å²) >= 11 is 12.1. The van der Waals surface area contributed by atoms with Gasteiger partial charge in [0.2, 0.25) is 11.8 Å². The van der Waals surface area contributed by atoms with Gasteiger partial charge in [-0.3, -0.25) is 9.59 Å². The molecule has 2 aromatic carbocycles. The Morgan fingerprint density at radius 2 is 1.50 bits per heavy atom. The first-order chi connectivity index (χ1) is 11.3. The van der Waals surface area contributed by atoms with Gasteiger partial charge in [0.05, 0.1) is 21.4 Å². The molecule has 0 unspecified atom stereocenters. The van der Waals surface area contributed by atoms with Crippen molar-refractivity contribution in [1.29, 1.82) is 0 Å². The van der Waals surface area contributed by atoms with E-state index in [1.165, 1.54) is 11.8 Å². The normalized spacial score (nSPS) is 10.4. The van der Waals surface area contributed by atoms with Crippen LogP contribution in [0.3, 0.4) is 0 Å². The standard InChI is InChI=1S/C18H18Cl2N2O2/c1-11-6-4-7-12(2)18(11)22(13(3)23)10-16(24)21-17-14(19)8-5-9-15(17)20/h4-9H,10H2,1-3H3,(H,21,24). The molecular weight excluding hydrogens is 347 g/mol. The monoisotopic (exact) mass is 364 g/mol. The molecule has 0 spiro atoms. The van der Waals surface area contributed by atoms with Crippen LogP contribution in [-0.2, 0) is 9.59 Å². The van der Waals surface area contributed by atoms with Gasteiger partial charge < -0.3 is 10.2 Å². The topological polar surface area (TPSA) is 49.4 Å². The summed E-state index contributed by atoms with van der Waals surface area (Å²) in [4.78, 5) is 25.9. The van der Waals surface area contributed by atoms with Crippen molar-refractivity contribution >= 4 is 46.4 Å². The maximum Gasteiger partial charge on any atom is 0.244 e. The molecule has 0 fully saturated rings. The Morgan fingerprint density at radius 1 is 1.00 bits per heavy atom. The number of aryl methyl sites for hydroxylation is 2. The largest absolute Gasteiger partial charge is 0.322 e. The number of anilines is 2. The Morgan fingerprint density at radius 3 is 2.00 bits per heavy atom. The lowest BCUT2D eigenvalue weighted by Gasteiger charge is -2.24. The highest BCUT2D eigenvalue weighted by molar-refractivity contribution is 6.39. The molecule has 2 aromatic rings. The maximum absolute atomic E-state index is 12.4. The summed E-state index contributed by atoms with van der Waals surface area (Å²) in [5.74, 6) is -0.587. The molecule has 0 aliphatic rings. The molecule has 2 amide bonds. The zero-order valence-electron chi connectivity index (χ0n) is 13.7. The molecule has 0 aromatic heterocycles. The van der Waals surface area contributed by atoms with E-state index in [0.29, 0.717) is 15.7 Å². The molecule has 4 nitrogen and oxygen atoms in total. The van der Waals surface area contributed by atoms with Crippen molar-refractivity contribution in [3.63, 3.8) is 0 Å². The molecule has 0 heterocycles. The van der Waals surface area contributed by atoms with Gasteiger partial charge in [0.25, 0.3) is 0 Å². The second-order valence-corrected chi connectivity index (χ2v) is 6.30. The van der Waals surface area contributed by atoms with Crippen LogP contribution in [-0.4, -0.2) is 18.4 Å². The second-order valence-electron chi connectivity index (χ2n) is 5.49. The van der Waals surface area contributed by atoms with Gasteiger partial charge in [0.1, 0.15) is 6.54 Å². The number of para-hydroxylation sites is 2. The van der Waals surface area contributed by atoms with E-state index < -0.39 is 0 Å². The first kappa shape index (κ1) is 18.3. The fourth-order valence-corrected chi connectivity index (χ4v) is 3.01. The van der Waals surface area contributed by atoms with E-state index in [1.807, 2.05) is 32.0 Å². The Kier molecular flexibility index (Phi) is 5.86. The van der Waals surface area contributed by atoms with Crippen LogP contribution in [0, 0.1) is 13.8 Å². The third-order valence-corrected chi connectivity index (χ3v) is 4.25. The second kappa shape index (κ2) is 7.69. The van der Waals surface area contributed by atoms with Crippen LogP contribution >= 0.6 is 23.2 Å². The highest BCUT2D eigenvalue weighted by Crippen LogP contribution is 2.30. The summed E-state index contributed by atoms with van der Waals surface area (Å²) in [6, 6.07) is 10.7. The van der Waals surface area contributed by atoms with Crippen molar-refractivity contribution in [2.45, 2.75) is 20.8 Å². The summed E-state index contributed by atoms with van der Waals surface area (Å²) < 4.78 is 0. The molecular formula is C18H18Cl2N2O2. The van der Waals surface area contributed by atoms with Gasteiger partial charge in [-0.05, 0) is 37.1 Å². The van der Waals surface area contributed by atoms with Crippen molar-refractivity contribution in [1.82, 2.24) is 0 Å². The first-order valence-electron chi connectivity index (χ1n) is 7.39. The van der Waals surface area contributed by atoms with Crippen LogP contribution in [0.25, 0.3) is 0 Å². The number of carbonyl (C=O) groups excluding carboxylic acids is 2. The molecule has 0 radical (unpaired) electrons. The van der Waals surface area contributed by atoms with Gasteiger partial charge in [0, 0.05) is 6.92 Å². The summed E-state index contributed by atoms with van der Waals surface area (Å²) in [5, 5.41) is 3.37. The van der Waals surface area contributed by atoms with Gasteiger partial charge in [-0.1, -0.05) is 47.5 Å². The lowest BCUT2D eigenvalue weighted by molar-refractivity contribution is -0.120. The maximum atomic E-state index is 12.4. The van der Waals surface area contributed by atoms with Crippen molar-refractivity contribution < 1.29 is 9.59 Å². The SMILES string of the molecule is CC(=O)N(CC(=O)Nc1c(Cl)cccc1Cl)c1c(C)cccc1C. The number of hydrogen-bond donors (Lipinski definition) is 1. The molecule has 24 heavy (non-hydrogen) atoms. The molecule has 0 aliphatic heterocycles. The van der Waals surface area contributed by atoms with Crippen LogP contribution in [0.5, 0.6) is 0 Å². The average Bonchev–Trinajstić information content (AvgIpc) is 2.49. The average molecular weight is 365 g/mol. The van der Waals surface area contributed by atoms with Crippen LogP contribution in [0.15, 0.2) is 36.4 Å². The van der Waals surface area contributed by atoms with Crippen LogP contribution in [0.2, 0.25) is 10.0 Å². The number of rotatable bonds is 4. The van der Waals surface area contributed by atoms with E-state index in [0.717, 1.165) is 16.8 Å². The minimum atomic E-state index is -0.372. The lowest BCUT2D eigenvalue weighted by Crippen LogP contribution is -2.37. The number of hydrogen-bond acceptors (Lipinski definition) is 2. The Bertz CT molecular complexity index is 750. The summed E-state index contributed by atoms with van der Waals surface area (Å²) in [5.41, 5.74) is 2.93. The molecule has 0 saturated carbocycles. The molecule has 2 rings (SSSR count). The summed E-state index contributed by atoms with van der Waals surface area (Å²) in [7, 11) is 0. The fourth-order valence-electron chi connectivity index (χ4n) is 2.52. The number of benzene rings is 2. The van der Waals surface area contributed by atoms with E-state index >= 15 is 0 Å². The molecule has 0 atom stereocenters.